The second kappa shape index (κ2) is 4.06. The first kappa shape index (κ1) is 10.6. The fourth-order valence-corrected chi connectivity index (χ4v) is 2.67. The Labute approximate surface area is 105 Å². The van der Waals surface area contributed by atoms with Gasteiger partial charge in [-0.3, -0.25) is 0 Å². The van der Waals surface area contributed by atoms with Gasteiger partial charge in [0.15, 0.2) is 0 Å². The second-order valence-corrected chi connectivity index (χ2v) is 4.63. The van der Waals surface area contributed by atoms with E-state index in [0.29, 0.717) is 0 Å². The van der Waals surface area contributed by atoms with Crippen molar-refractivity contribution in [1.82, 2.24) is 5.32 Å². The molecule has 3 rings (SSSR count). The van der Waals surface area contributed by atoms with Crippen LogP contribution in [0, 0.1) is 0 Å². The predicted octanol–water partition coefficient (Wildman–Crippen LogP) is 3.24. The van der Waals surface area contributed by atoms with E-state index < -0.39 is 0 Å². The molecule has 0 saturated heterocycles. The molecule has 0 saturated carbocycles. The molecule has 3 heteroatoms. The zero-order chi connectivity index (χ0) is 11.8. The van der Waals surface area contributed by atoms with Crippen molar-refractivity contribution in [2.75, 3.05) is 0 Å². The molecule has 86 valence electrons. The summed E-state index contributed by atoms with van der Waals surface area (Å²) in [6.45, 7) is 0.816. The smallest absolute Gasteiger partial charge is 0.115 e. The molecule has 0 radical (unpaired) electrons. The van der Waals surface area contributed by atoms with Crippen molar-refractivity contribution in [2.24, 2.45) is 0 Å². The average molecular weight is 246 g/mol. The maximum Gasteiger partial charge on any atom is 0.115 e. The van der Waals surface area contributed by atoms with Gasteiger partial charge < -0.3 is 10.4 Å². The summed E-state index contributed by atoms with van der Waals surface area (Å²) in [5.74, 6) is 0.282. The Hall–Kier alpha value is -1.51. The van der Waals surface area contributed by atoms with Crippen LogP contribution in [0.2, 0.25) is 5.02 Å². The zero-order valence-corrected chi connectivity index (χ0v) is 9.91. The largest absolute Gasteiger partial charge is 0.508 e. The van der Waals surface area contributed by atoms with E-state index >= 15 is 0 Å². The van der Waals surface area contributed by atoms with Crippen LogP contribution < -0.4 is 5.32 Å². The first-order valence-corrected chi connectivity index (χ1v) is 5.93. The highest BCUT2D eigenvalue weighted by Gasteiger charge is 2.25. The van der Waals surface area contributed by atoms with E-state index in [0.717, 1.165) is 22.7 Å². The number of fused-ring (bicyclic) bond motifs is 1. The number of hydrogen-bond acceptors (Lipinski definition) is 2. The molecule has 2 aromatic carbocycles. The van der Waals surface area contributed by atoms with Gasteiger partial charge in [-0.05, 0) is 34.9 Å². The molecule has 1 atom stereocenters. The van der Waals surface area contributed by atoms with Crippen molar-refractivity contribution in [3.05, 3.63) is 64.2 Å². The van der Waals surface area contributed by atoms with Gasteiger partial charge in [0.25, 0.3) is 0 Å². The molecule has 1 aliphatic heterocycles. The van der Waals surface area contributed by atoms with Gasteiger partial charge in [0.1, 0.15) is 5.75 Å². The van der Waals surface area contributed by atoms with Gasteiger partial charge in [-0.2, -0.15) is 0 Å². The lowest BCUT2D eigenvalue weighted by molar-refractivity contribution is 0.473. The molecule has 0 aliphatic carbocycles. The van der Waals surface area contributed by atoms with Crippen molar-refractivity contribution in [2.45, 2.75) is 12.6 Å². The molecule has 17 heavy (non-hydrogen) atoms. The van der Waals surface area contributed by atoms with Crippen molar-refractivity contribution < 1.29 is 5.11 Å². The van der Waals surface area contributed by atoms with Crippen LogP contribution >= 0.6 is 11.6 Å². The molecule has 0 spiro atoms. The summed E-state index contributed by atoms with van der Waals surface area (Å²) in [5.41, 5.74) is 3.39. The molecule has 1 aliphatic rings. The maximum atomic E-state index is 9.53. The molecule has 0 aromatic heterocycles. The van der Waals surface area contributed by atoms with E-state index in [9.17, 15) is 5.11 Å². The summed E-state index contributed by atoms with van der Waals surface area (Å²) in [6.07, 6.45) is 0. The van der Waals surface area contributed by atoms with Crippen LogP contribution in [0.25, 0.3) is 0 Å². The van der Waals surface area contributed by atoms with E-state index in [4.69, 9.17) is 11.6 Å². The molecule has 2 aromatic rings. The van der Waals surface area contributed by atoms with Gasteiger partial charge >= 0.3 is 0 Å². The average Bonchev–Trinajstić information content (AvgIpc) is 2.74. The van der Waals surface area contributed by atoms with E-state index in [2.05, 4.69) is 11.4 Å². The fourth-order valence-electron chi connectivity index (χ4n) is 2.36. The van der Waals surface area contributed by atoms with Crippen molar-refractivity contribution in [3.8, 4) is 5.75 Å². The highest BCUT2D eigenvalue weighted by atomic mass is 35.5. The quantitative estimate of drug-likeness (QED) is 0.809. The summed E-state index contributed by atoms with van der Waals surface area (Å²) >= 11 is 6.25. The van der Waals surface area contributed by atoms with Crippen LogP contribution in [-0.2, 0) is 6.54 Å². The molecule has 2 N–H and O–H groups in total. The van der Waals surface area contributed by atoms with E-state index in [1.807, 2.05) is 24.3 Å². The lowest BCUT2D eigenvalue weighted by atomic mass is 9.98. The first-order valence-electron chi connectivity index (χ1n) is 5.55. The number of rotatable bonds is 1. The third kappa shape index (κ3) is 1.79. The minimum atomic E-state index is 0.0748. The molecular formula is C14H12ClNO. The SMILES string of the molecule is Oc1cccc(C2NCc3cccc(Cl)c32)c1. The van der Waals surface area contributed by atoms with Gasteiger partial charge in [0.2, 0.25) is 0 Å². The summed E-state index contributed by atoms with van der Waals surface area (Å²) in [5, 5.41) is 13.7. The Bertz CT molecular complexity index is 568. The minimum absolute atomic E-state index is 0.0748. The molecule has 1 unspecified atom stereocenters. The van der Waals surface area contributed by atoms with Crippen molar-refractivity contribution >= 4 is 11.6 Å². The number of benzene rings is 2. The van der Waals surface area contributed by atoms with Gasteiger partial charge in [0.05, 0.1) is 6.04 Å². The summed E-state index contributed by atoms with van der Waals surface area (Å²) in [6, 6.07) is 13.3. The van der Waals surface area contributed by atoms with Gasteiger partial charge in [-0.25, -0.2) is 0 Å². The van der Waals surface area contributed by atoms with Crippen LogP contribution in [0.5, 0.6) is 5.75 Å². The number of halogens is 1. The minimum Gasteiger partial charge on any atom is -0.508 e. The van der Waals surface area contributed by atoms with Crippen LogP contribution in [0.1, 0.15) is 22.7 Å². The molecule has 1 heterocycles. The third-order valence-corrected chi connectivity index (χ3v) is 3.46. The Balaban J connectivity index is 2.09. The van der Waals surface area contributed by atoms with E-state index in [-0.39, 0.29) is 11.8 Å². The Morgan fingerprint density at radius 2 is 2.00 bits per heavy atom. The Morgan fingerprint density at radius 1 is 1.18 bits per heavy atom. The normalized spacial score (nSPS) is 18.1. The fraction of sp³-hybridized carbons (Fsp3) is 0.143. The van der Waals surface area contributed by atoms with Crippen molar-refractivity contribution in [3.63, 3.8) is 0 Å². The number of phenols is 1. The van der Waals surface area contributed by atoms with Crippen LogP contribution in [-0.4, -0.2) is 5.11 Å². The first-order chi connectivity index (χ1) is 8.25. The summed E-state index contributed by atoms with van der Waals surface area (Å²) in [4.78, 5) is 0. The predicted molar refractivity (Wildman–Crippen MR) is 68.2 cm³/mol. The number of hydrogen-bond donors (Lipinski definition) is 2. The zero-order valence-electron chi connectivity index (χ0n) is 9.15. The highest BCUT2D eigenvalue weighted by molar-refractivity contribution is 6.31. The lowest BCUT2D eigenvalue weighted by Gasteiger charge is -2.14. The lowest BCUT2D eigenvalue weighted by Crippen LogP contribution is -2.13. The van der Waals surface area contributed by atoms with E-state index in [1.54, 1.807) is 12.1 Å². The number of phenolic OH excluding ortho intramolecular Hbond substituents is 1. The number of nitrogens with one attached hydrogen (secondary N) is 1. The van der Waals surface area contributed by atoms with Crippen LogP contribution in [0.15, 0.2) is 42.5 Å². The Morgan fingerprint density at radius 3 is 2.82 bits per heavy atom. The van der Waals surface area contributed by atoms with Crippen LogP contribution in [0.4, 0.5) is 0 Å². The Kier molecular flexibility index (Phi) is 2.54. The van der Waals surface area contributed by atoms with Gasteiger partial charge in [0, 0.05) is 11.6 Å². The molecule has 0 fully saturated rings. The number of aromatic hydroxyl groups is 1. The highest BCUT2D eigenvalue weighted by Crippen LogP contribution is 2.36. The molecule has 0 bridgehead atoms. The summed E-state index contributed by atoms with van der Waals surface area (Å²) in [7, 11) is 0. The third-order valence-electron chi connectivity index (χ3n) is 3.13. The monoisotopic (exact) mass is 245 g/mol. The second-order valence-electron chi connectivity index (χ2n) is 4.22. The molecule has 0 amide bonds. The molecular weight excluding hydrogens is 234 g/mol. The van der Waals surface area contributed by atoms with Gasteiger partial charge in [-0.1, -0.05) is 35.9 Å². The summed E-state index contributed by atoms with van der Waals surface area (Å²) < 4.78 is 0. The standard InChI is InChI=1S/C14H12ClNO/c15-12-6-2-4-10-8-16-14(13(10)12)9-3-1-5-11(17)7-9/h1-7,14,16-17H,8H2. The molecule has 2 nitrogen and oxygen atoms in total. The van der Waals surface area contributed by atoms with E-state index in [1.165, 1.54) is 5.56 Å². The van der Waals surface area contributed by atoms with Gasteiger partial charge in [-0.15, -0.1) is 0 Å². The topological polar surface area (TPSA) is 32.3 Å². The maximum absolute atomic E-state index is 9.53. The van der Waals surface area contributed by atoms with Crippen LogP contribution in [0.3, 0.4) is 0 Å². The van der Waals surface area contributed by atoms with Crippen molar-refractivity contribution in [1.29, 1.82) is 0 Å².